The summed E-state index contributed by atoms with van der Waals surface area (Å²) in [5.74, 6) is 1.01. The third kappa shape index (κ3) is 4.04. The van der Waals surface area contributed by atoms with Crippen LogP contribution < -0.4 is 4.90 Å². The lowest BCUT2D eigenvalue weighted by atomic mass is 10.0. The summed E-state index contributed by atoms with van der Waals surface area (Å²) in [6, 6.07) is 4.72. The number of rotatable bonds is 4. The largest absolute Gasteiger partial charge is 0.354 e. The maximum Gasteiger partial charge on any atom is 0.151 e. The normalized spacial score (nSPS) is 19.2. The highest BCUT2D eigenvalue weighted by Crippen LogP contribution is 2.20. The van der Waals surface area contributed by atoms with Crippen molar-refractivity contribution < 1.29 is 0 Å². The summed E-state index contributed by atoms with van der Waals surface area (Å²) in [5.41, 5.74) is 2.36. The van der Waals surface area contributed by atoms with Gasteiger partial charge in [-0.15, -0.1) is 5.10 Å². The molecule has 0 bridgehead atoms. The fourth-order valence-electron chi connectivity index (χ4n) is 2.56. The second-order valence-electron chi connectivity index (χ2n) is 6.00. The minimum Gasteiger partial charge on any atom is -0.354 e. The molecule has 4 nitrogen and oxygen atoms in total. The van der Waals surface area contributed by atoms with E-state index >= 15 is 0 Å². The molecule has 1 fully saturated rings. The molecule has 1 atom stereocenters. The quantitative estimate of drug-likeness (QED) is 0.790. The zero-order chi connectivity index (χ0) is 14.5. The molecule has 1 aromatic heterocycles. The maximum atomic E-state index is 4.32. The van der Waals surface area contributed by atoms with Crippen molar-refractivity contribution in [3.8, 4) is 0 Å². The Kier molecular flexibility index (Phi) is 5.12. The average Bonchev–Trinajstić information content (AvgIpc) is 2.45. The van der Waals surface area contributed by atoms with E-state index in [1.165, 1.54) is 18.4 Å². The predicted molar refractivity (Wildman–Crippen MR) is 84.1 cm³/mol. The summed E-state index contributed by atoms with van der Waals surface area (Å²) in [6.07, 6.45) is 4.78. The maximum absolute atomic E-state index is 4.32. The van der Waals surface area contributed by atoms with E-state index in [2.05, 4.69) is 53.0 Å². The van der Waals surface area contributed by atoms with Gasteiger partial charge in [-0.1, -0.05) is 11.6 Å². The first-order chi connectivity index (χ1) is 9.56. The van der Waals surface area contributed by atoms with Gasteiger partial charge in [0.1, 0.15) is 0 Å². The Labute approximate surface area is 122 Å². The molecule has 1 saturated heterocycles. The molecule has 1 aliphatic rings. The van der Waals surface area contributed by atoms with Crippen molar-refractivity contribution in [2.45, 2.75) is 39.7 Å². The van der Waals surface area contributed by atoms with Crippen molar-refractivity contribution in [3.63, 3.8) is 0 Å². The van der Waals surface area contributed by atoms with Crippen LogP contribution in [0.1, 0.15) is 32.4 Å². The van der Waals surface area contributed by atoms with Gasteiger partial charge in [0.15, 0.2) is 5.82 Å². The zero-order valence-corrected chi connectivity index (χ0v) is 13.1. The van der Waals surface area contributed by atoms with Gasteiger partial charge in [0, 0.05) is 25.7 Å². The molecule has 1 aromatic rings. The van der Waals surface area contributed by atoms with Crippen molar-refractivity contribution in [1.29, 1.82) is 0 Å². The molecular weight excluding hydrogens is 248 g/mol. The van der Waals surface area contributed by atoms with Gasteiger partial charge in [0.25, 0.3) is 0 Å². The van der Waals surface area contributed by atoms with Crippen molar-refractivity contribution in [1.82, 2.24) is 15.1 Å². The van der Waals surface area contributed by atoms with Gasteiger partial charge in [-0.3, -0.25) is 4.90 Å². The van der Waals surface area contributed by atoms with Crippen molar-refractivity contribution in [3.05, 3.63) is 29.5 Å². The number of allylic oxidation sites excluding steroid dienone is 1. The second-order valence-corrected chi connectivity index (χ2v) is 6.00. The molecule has 0 spiro atoms. The van der Waals surface area contributed by atoms with Gasteiger partial charge in [0.05, 0.1) is 5.69 Å². The Bertz CT molecular complexity index is 448. The first kappa shape index (κ1) is 15.0. The standard InChI is InChI=1S/C16H26N4/c1-13(2)9-11-19(4)15-6-5-10-20(12-15)16-8-7-14(3)17-18-16/h7-9,15H,5-6,10-12H2,1-4H3/t15-/m1/s1. The number of anilines is 1. The number of piperidine rings is 1. The third-order valence-corrected chi connectivity index (χ3v) is 3.92. The van der Waals surface area contributed by atoms with Crippen LogP contribution in [0.15, 0.2) is 23.8 Å². The van der Waals surface area contributed by atoms with Crippen LogP contribution in [0.25, 0.3) is 0 Å². The van der Waals surface area contributed by atoms with Crippen molar-refractivity contribution in [2.75, 3.05) is 31.6 Å². The molecule has 0 unspecified atom stereocenters. The lowest BCUT2D eigenvalue weighted by Crippen LogP contribution is -2.47. The molecule has 0 N–H and O–H groups in total. The molecule has 110 valence electrons. The van der Waals surface area contributed by atoms with Crippen LogP contribution in [0.5, 0.6) is 0 Å². The number of hydrogen-bond donors (Lipinski definition) is 0. The van der Waals surface area contributed by atoms with E-state index in [0.29, 0.717) is 6.04 Å². The Hall–Kier alpha value is -1.42. The van der Waals surface area contributed by atoms with Gasteiger partial charge in [-0.05, 0) is 52.8 Å². The lowest BCUT2D eigenvalue weighted by Gasteiger charge is -2.37. The SMILES string of the molecule is CC(C)=CCN(C)[C@@H]1CCCN(c2ccc(C)nn2)C1. The zero-order valence-electron chi connectivity index (χ0n) is 13.1. The molecule has 0 saturated carbocycles. The monoisotopic (exact) mass is 274 g/mol. The highest BCUT2D eigenvalue weighted by Gasteiger charge is 2.23. The average molecular weight is 274 g/mol. The first-order valence-electron chi connectivity index (χ1n) is 7.45. The van der Waals surface area contributed by atoms with E-state index in [-0.39, 0.29) is 0 Å². The predicted octanol–water partition coefficient (Wildman–Crippen LogP) is 2.65. The third-order valence-electron chi connectivity index (χ3n) is 3.92. The lowest BCUT2D eigenvalue weighted by molar-refractivity contribution is 0.234. The molecular formula is C16H26N4. The van der Waals surface area contributed by atoms with E-state index in [4.69, 9.17) is 0 Å². The summed E-state index contributed by atoms with van der Waals surface area (Å²) < 4.78 is 0. The Morgan fingerprint density at radius 2 is 2.20 bits per heavy atom. The summed E-state index contributed by atoms with van der Waals surface area (Å²) in [5, 5.41) is 8.48. The minimum atomic E-state index is 0.599. The van der Waals surface area contributed by atoms with E-state index in [1.54, 1.807) is 0 Å². The molecule has 4 heteroatoms. The Balaban J connectivity index is 1.97. The molecule has 0 aliphatic carbocycles. The van der Waals surface area contributed by atoms with Crippen LogP contribution in [-0.2, 0) is 0 Å². The van der Waals surface area contributed by atoms with Crippen LogP contribution in [-0.4, -0.2) is 47.8 Å². The van der Waals surface area contributed by atoms with E-state index in [9.17, 15) is 0 Å². The smallest absolute Gasteiger partial charge is 0.151 e. The van der Waals surface area contributed by atoms with Crippen LogP contribution >= 0.6 is 0 Å². The van der Waals surface area contributed by atoms with Crippen LogP contribution in [0.4, 0.5) is 5.82 Å². The highest BCUT2D eigenvalue weighted by molar-refractivity contribution is 5.38. The van der Waals surface area contributed by atoms with Crippen molar-refractivity contribution >= 4 is 5.82 Å². The summed E-state index contributed by atoms with van der Waals surface area (Å²) in [4.78, 5) is 4.81. The highest BCUT2D eigenvalue weighted by atomic mass is 15.3. The number of likely N-dealkylation sites (N-methyl/N-ethyl adjacent to an activating group) is 1. The van der Waals surface area contributed by atoms with Gasteiger partial charge in [-0.2, -0.15) is 5.10 Å². The number of nitrogens with zero attached hydrogens (tertiary/aromatic N) is 4. The Morgan fingerprint density at radius 1 is 1.40 bits per heavy atom. The summed E-state index contributed by atoms with van der Waals surface area (Å²) in [7, 11) is 2.22. The van der Waals surface area contributed by atoms with Crippen LogP contribution in [0, 0.1) is 6.92 Å². The van der Waals surface area contributed by atoms with Gasteiger partial charge < -0.3 is 4.90 Å². The number of aryl methyl sites for hydroxylation is 1. The van der Waals surface area contributed by atoms with Crippen molar-refractivity contribution in [2.24, 2.45) is 0 Å². The second kappa shape index (κ2) is 6.84. The molecule has 2 heterocycles. The van der Waals surface area contributed by atoms with Gasteiger partial charge in [-0.25, -0.2) is 0 Å². The van der Waals surface area contributed by atoms with Gasteiger partial charge >= 0.3 is 0 Å². The molecule has 0 radical (unpaired) electrons. The van der Waals surface area contributed by atoms with Crippen LogP contribution in [0.2, 0.25) is 0 Å². The van der Waals surface area contributed by atoms with E-state index < -0.39 is 0 Å². The Morgan fingerprint density at radius 3 is 2.85 bits per heavy atom. The van der Waals surface area contributed by atoms with E-state index in [0.717, 1.165) is 31.1 Å². The number of aromatic nitrogens is 2. The summed E-state index contributed by atoms with van der Waals surface area (Å²) in [6.45, 7) is 9.45. The minimum absolute atomic E-state index is 0.599. The van der Waals surface area contributed by atoms with E-state index in [1.807, 2.05) is 13.0 Å². The first-order valence-corrected chi connectivity index (χ1v) is 7.45. The number of hydrogen-bond acceptors (Lipinski definition) is 4. The molecule has 2 rings (SSSR count). The molecule has 0 amide bonds. The van der Waals surface area contributed by atoms with Gasteiger partial charge in [0.2, 0.25) is 0 Å². The fourth-order valence-corrected chi connectivity index (χ4v) is 2.56. The van der Waals surface area contributed by atoms with Crippen LogP contribution in [0.3, 0.4) is 0 Å². The molecule has 0 aromatic carbocycles. The summed E-state index contributed by atoms with van der Waals surface area (Å²) >= 11 is 0. The topological polar surface area (TPSA) is 32.3 Å². The molecule has 20 heavy (non-hydrogen) atoms. The molecule has 1 aliphatic heterocycles. The fraction of sp³-hybridized carbons (Fsp3) is 0.625.